The predicted molar refractivity (Wildman–Crippen MR) is 94.8 cm³/mol. The lowest BCUT2D eigenvalue weighted by atomic mass is 9.80. The highest BCUT2D eigenvalue weighted by Crippen LogP contribution is 2.29. The van der Waals surface area contributed by atoms with Crippen LogP contribution in [0.1, 0.15) is 30.4 Å². The molecule has 126 valence electrons. The summed E-state index contributed by atoms with van der Waals surface area (Å²) in [6.45, 7) is 5.34. The molecule has 0 bridgehead atoms. The Bertz CT molecular complexity index is 641. The van der Waals surface area contributed by atoms with Gasteiger partial charge in [0, 0.05) is 17.9 Å². The molecule has 3 atom stereocenters. The Kier molecular flexibility index (Phi) is 5.65. The zero-order valence-corrected chi connectivity index (χ0v) is 14.3. The minimum Gasteiger partial charge on any atom is -0.466 e. The number of likely N-dealkylation sites (tertiary alicyclic amines) is 1. The number of nitrogens with one attached hydrogen (secondary N) is 1. The van der Waals surface area contributed by atoms with Gasteiger partial charge in [-0.15, -0.1) is 0 Å². The van der Waals surface area contributed by atoms with E-state index >= 15 is 0 Å². The number of hydrogen-bond acceptors (Lipinski definition) is 2. The molecule has 24 heavy (non-hydrogen) atoms. The quantitative estimate of drug-likeness (QED) is 0.857. The van der Waals surface area contributed by atoms with Gasteiger partial charge in [-0.05, 0) is 12.5 Å². The van der Waals surface area contributed by atoms with Crippen molar-refractivity contribution in [1.29, 1.82) is 0 Å². The highest BCUT2D eigenvalue weighted by atomic mass is 16.5. The van der Waals surface area contributed by atoms with E-state index in [-0.39, 0.29) is 17.8 Å². The topological polar surface area (TPSA) is 30.7 Å². The SMILES string of the molecule is CCOC(=O)C1CC[NH+](Cc2ccccc2)CC1c1ccccc1. The number of ether oxygens (including phenoxy) is 1. The first-order valence-electron chi connectivity index (χ1n) is 8.87. The van der Waals surface area contributed by atoms with E-state index in [1.165, 1.54) is 16.0 Å². The first-order chi connectivity index (χ1) is 11.8. The largest absolute Gasteiger partial charge is 0.466 e. The zero-order chi connectivity index (χ0) is 16.8. The van der Waals surface area contributed by atoms with Gasteiger partial charge in [0.25, 0.3) is 0 Å². The predicted octanol–water partition coefficient (Wildman–Crippen LogP) is 2.44. The maximum Gasteiger partial charge on any atom is 0.310 e. The van der Waals surface area contributed by atoms with Crippen molar-refractivity contribution in [3.8, 4) is 0 Å². The number of piperidine rings is 1. The number of esters is 1. The maximum absolute atomic E-state index is 12.4. The van der Waals surface area contributed by atoms with Crippen LogP contribution in [-0.2, 0) is 16.1 Å². The third-order valence-corrected chi connectivity index (χ3v) is 4.92. The first kappa shape index (κ1) is 16.7. The van der Waals surface area contributed by atoms with Gasteiger partial charge >= 0.3 is 5.97 Å². The molecular weight excluding hydrogens is 298 g/mol. The van der Waals surface area contributed by atoms with Crippen molar-refractivity contribution in [1.82, 2.24) is 0 Å². The van der Waals surface area contributed by atoms with Gasteiger partial charge in [-0.2, -0.15) is 0 Å². The molecule has 1 fully saturated rings. The van der Waals surface area contributed by atoms with Crippen LogP contribution in [0, 0.1) is 5.92 Å². The third kappa shape index (κ3) is 4.04. The number of quaternary nitrogens is 1. The number of hydrogen-bond donors (Lipinski definition) is 1. The molecule has 3 rings (SSSR count). The molecule has 3 unspecified atom stereocenters. The molecule has 0 radical (unpaired) electrons. The molecule has 1 aliphatic rings. The Morgan fingerprint density at radius 2 is 1.75 bits per heavy atom. The van der Waals surface area contributed by atoms with E-state index in [4.69, 9.17) is 4.74 Å². The van der Waals surface area contributed by atoms with Crippen LogP contribution in [0.2, 0.25) is 0 Å². The molecule has 0 saturated carbocycles. The van der Waals surface area contributed by atoms with Crippen molar-refractivity contribution in [2.75, 3.05) is 19.7 Å². The molecule has 0 amide bonds. The van der Waals surface area contributed by atoms with Gasteiger partial charge in [0.15, 0.2) is 0 Å². The summed E-state index contributed by atoms with van der Waals surface area (Å²) < 4.78 is 5.34. The lowest BCUT2D eigenvalue weighted by Gasteiger charge is -2.35. The lowest BCUT2D eigenvalue weighted by Crippen LogP contribution is -3.12. The third-order valence-electron chi connectivity index (χ3n) is 4.92. The van der Waals surface area contributed by atoms with Gasteiger partial charge in [0.05, 0.1) is 25.6 Å². The molecule has 2 aromatic rings. The minimum absolute atomic E-state index is 0.0214. The Morgan fingerprint density at radius 1 is 1.08 bits per heavy atom. The van der Waals surface area contributed by atoms with Crippen LogP contribution in [-0.4, -0.2) is 25.7 Å². The molecule has 2 aromatic carbocycles. The molecule has 3 heteroatoms. The first-order valence-corrected chi connectivity index (χ1v) is 8.87. The Hall–Kier alpha value is -2.13. The van der Waals surface area contributed by atoms with E-state index in [9.17, 15) is 4.79 Å². The maximum atomic E-state index is 12.4. The van der Waals surface area contributed by atoms with Crippen LogP contribution in [0.3, 0.4) is 0 Å². The molecule has 0 spiro atoms. The Morgan fingerprint density at radius 3 is 2.42 bits per heavy atom. The Labute approximate surface area is 144 Å². The van der Waals surface area contributed by atoms with Crippen LogP contribution in [0.5, 0.6) is 0 Å². The molecule has 1 aliphatic heterocycles. The number of carbonyl (C=O) groups is 1. The standard InChI is InChI=1S/C21H25NO2/c1-2-24-21(23)19-13-14-22(15-17-9-5-3-6-10-17)16-20(19)18-11-7-4-8-12-18/h3-12,19-20H,2,13-16H2,1H3/p+1. The highest BCUT2D eigenvalue weighted by Gasteiger charge is 2.38. The molecular formula is C21H26NO2+. The highest BCUT2D eigenvalue weighted by molar-refractivity contribution is 5.73. The number of carbonyl (C=O) groups excluding carboxylic acids is 1. The van der Waals surface area contributed by atoms with Crippen LogP contribution >= 0.6 is 0 Å². The second kappa shape index (κ2) is 8.11. The van der Waals surface area contributed by atoms with E-state index in [2.05, 4.69) is 54.6 Å². The fourth-order valence-electron chi connectivity index (χ4n) is 3.74. The van der Waals surface area contributed by atoms with E-state index in [1.54, 1.807) is 0 Å². The molecule has 1 N–H and O–H groups in total. The molecule has 1 heterocycles. The van der Waals surface area contributed by atoms with E-state index < -0.39 is 0 Å². The van der Waals surface area contributed by atoms with E-state index in [0.29, 0.717) is 6.61 Å². The minimum atomic E-state index is -0.0369. The van der Waals surface area contributed by atoms with Gasteiger partial charge in [-0.1, -0.05) is 60.7 Å². The molecule has 0 aromatic heterocycles. The van der Waals surface area contributed by atoms with Crippen LogP contribution in [0.4, 0.5) is 0 Å². The van der Waals surface area contributed by atoms with Crippen LogP contribution in [0.15, 0.2) is 60.7 Å². The van der Waals surface area contributed by atoms with Crippen LogP contribution in [0.25, 0.3) is 0 Å². The second-order valence-electron chi connectivity index (χ2n) is 6.53. The average Bonchev–Trinajstić information content (AvgIpc) is 2.63. The lowest BCUT2D eigenvalue weighted by molar-refractivity contribution is -0.921. The average molecular weight is 324 g/mol. The summed E-state index contributed by atoms with van der Waals surface area (Å²) in [6.07, 6.45) is 0.889. The fourth-order valence-corrected chi connectivity index (χ4v) is 3.74. The second-order valence-corrected chi connectivity index (χ2v) is 6.53. The summed E-state index contributed by atoms with van der Waals surface area (Å²) in [5.41, 5.74) is 2.61. The molecule has 3 nitrogen and oxygen atoms in total. The monoisotopic (exact) mass is 324 g/mol. The van der Waals surface area contributed by atoms with Gasteiger partial charge in [-0.25, -0.2) is 0 Å². The van der Waals surface area contributed by atoms with Crippen molar-refractivity contribution in [3.05, 3.63) is 71.8 Å². The number of benzene rings is 2. The number of rotatable bonds is 5. The van der Waals surface area contributed by atoms with E-state index in [1.807, 2.05) is 13.0 Å². The summed E-state index contributed by atoms with van der Waals surface area (Å²) in [4.78, 5) is 14.0. The van der Waals surface area contributed by atoms with Crippen LogP contribution < -0.4 is 4.90 Å². The van der Waals surface area contributed by atoms with Crippen molar-refractivity contribution in [3.63, 3.8) is 0 Å². The summed E-state index contributed by atoms with van der Waals surface area (Å²) in [5.74, 6) is 0.176. The van der Waals surface area contributed by atoms with E-state index in [0.717, 1.165) is 26.1 Å². The smallest absolute Gasteiger partial charge is 0.310 e. The van der Waals surface area contributed by atoms with Crippen molar-refractivity contribution >= 4 is 5.97 Å². The summed E-state index contributed by atoms with van der Waals surface area (Å²) >= 11 is 0. The summed E-state index contributed by atoms with van der Waals surface area (Å²) in [6, 6.07) is 21.0. The zero-order valence-electron chi connectivity index (χ0n) is 14.3. The fraction of sp³-hybridized carbons (Fsp3) is 0.381. The van der Waals surface area contributed by atoms with Gasteiger partial charge in [-0.3, -0.25) is 4.79 Å². The van der Waals surface area contributed by atoms with Gasteiger partial charge < -0.3 is 9.64 Å². The van der Waals surface area contributed by atoms with Crippen molar-refractivity contribution in [2.45, 2.75) is 25.8 Å². The normalized spacial score (nSPS) is 23.6. The van der Waals surface area contributed by atoms with Gasteiger partial charge in [0.2, 0.25) is 0 Å². The molecule has 1 saturated heterocycles. The Balaban J connectivity index is 1.76. The van der Waals surface area contributed by atoms with Crippen molar-refractivity contribution in [2.24, 2.45) is 5.92 Å². The summed E-state index contributed by atoms with van der Waals surface area (Å²) in [5, 5.41) is 0. The van der Waals surface area contributed by atoms with Crippen molar-refractivity contribution < 1.29 is 14.4 Å². The summed E-state index contributed by atoms with van der Waals surface area (Å²) in [7, 11) is 0. The molecule has 0 aliphatic carbocycles. The van der Waals surface area contributed by atoms with Gasteiger partial charge in [0.1, 0.15) is 6.54 Å².